The van der Waals surface area contributed by atoms with Gasteiger partial charge in [-0.05, 0) is 50.3 Å². The van der Waals surface area contributed by atoms with E-state index in [0.29, 0.717) is 35.0 Å². The van der Waals surface area contributed by atoms with Crippen LogP contribution in [-0.4, -0.2) is 18.4 Å². The van der Waals surface area contributed by atoms with Gasteiger partial charge in [0.1, 0.15) is 5.82 Å². The number of nitrogens with one attached hydrogen (secondary N) is 2. The molecule has 0 radical (unpaired) electrons. The third-order valence-electron chi connectivity index (χ3n) is 4.01. The van der Waals surface area contributed by atoms with E-state index >= 15 is 0 Å². The van der Waals surface area contributed by atoms with Crippen LogP contribution in [0, 0.1) is 5.82 Å². The number of anilines is 1. The van der Waals surface area contributed by atoms with Crippen LogP contribution in [0.25, 0.3) is 0 Å². The van der Waals surface area contributed by atoms with E-state index in [9.17, 15) is 14.0 Å². The Hall–Kier alpha value is -1.69. The monoisotopic (exact) mass is 396 g/mol. The van der Waals surface area contributed by atoms with Crippen LogP contribution < -0.4 is 10.6 Å². The summed E-state index contributed by atoms with van der Waals surface area (Å²) in [4.78, 5) is 24.8. The highest BCUT2D eigenvalue weighted by Gasteiger charge is 2.24. The Labute approximate surface area is 150 Å². The Morgan fingerprint density at radius 3 is 2.46 bits per heavy atom. The van der Waals surface area contributed by atoms with Crippen molar-refractivity contribution in [3.8, 4) is 0 Å². The maximum Gasteiger partial charge on any atom is 0.252 e. The standard InChI is InChI=1S/C18H22BrFN2O2/c1-2-3-10-21-17(23)13-6-4-5-7-14(13)18(24)22-16-9-8-12(19)11-15(16)20/h8-9,11H,2-7,10H2,1H3,(H,21,23)(H,22,24). The van der Waals surface area contributed by atoms with E-state index in [1.807, 2.05) is 0 Å². The SMILES string of the molecule is CCCCNC(=O)C1=C(C(=O)Nc2ccc(Br)cc2F)CCCC1. The third kappa shape index (κ3) is 4.90. The second-order valence-electron chi connectivity index (χ2n) is 5.85. The Kier molecular flexibility index (Phi) is 6.97. The van der Waals surface area contributed by atoms with Gasteiger partial charge in [-0.25, -0.2) is 4.39 Å². The van der Waals surface area contributed by atoms with E-state index in [1.165, 1.54) is 12.1 Å². The van der Waals surface area contributed by atoms with Crippen LogP contribution in [0.15, 0.2) is 33.8 Å². The molecule has 0 saturated heterocycles. The van der Waals surface area contributed by atoms with Crippen LogP contribution in [0.3, 0.4) is 0 Å². The molecule has 24 heavy (non-hydrogen) atoms. The number of carbonyl (C=O) groups is 2. The Morgan fingerprint density at radius 2 is 1.83 bits per heavy atom. The second kappa shape index (κ2) is 8.97. The molecular weight excluding hydrogens is 375 g/mol. The molecule has 0 atom stereocenters. The predicted molar refractivity (Wildman–Crippen MR) is 96.1 cm³/mol. The van der Waals surface area contributed by atoms with Crippen molar-refractivity contribution in [2.24, 2.45) is 0 Å². The van der Waals surface area contributed by atoms with Crippen LogP contribution in [0.4, 0.5) is 10.1 Å². The minimum Gasteiger partial charge on any atom is -0.352 e. The first kappa shape index (κ1) is 18.6. The van der Waals surface area contributed by atoms with Gasteiger partial charge in [0.2, 0.25) is 5.91 Å². The van der Waals surface area contributed by atoms with E-state index in [-0.39, 0.29) is 11.6 Å². The molecule has 1 aliphatic carbocycles. The van der Waals surface area contributed by atoms with Gasteiger partial charge < -0.3 is 10.6 Å². The molecule has 0 unspecified atom stereocenters. The van der Waals surface area contributed by atoms with Crippen molar-refractivity contribution in [1.82, 2.24) is 5.32 Å². The summed E-state index contributed by atoms with van der Waals surface area (Å²) in [6.45, 7) is 2.66. The van der Waals surface area contributed by atoms with Crippen molar-refractivity contribution in [3.05, 3.63) is 39.6 Å². The van der Waals surface area contributed by atoms with Crippen molar-refractivity contribution in [2.45, 2.75) is 45.4 Å². The zero-order chi connectivity index (χ0) is 17.5. The number of rotatable bonds is 6. The Morgan fingerprint density at radius 1 is 1.17 bits per heavy atom. The summed E-state index contributed by atoms with van der Waals surface area (Å²) in [6.07, 6.45) is 4.78. The van der Waals surface area contributed by atoms with Crippen molar-refractivity contribution in [3.63, 3.8) is 0 Å². The first-order valence-corrected chi connectivity index (χ1v) is 9.09. The Balaban J connectivity index is 2.15. The summed E-state index contributed by atoms with van der Waals surface area (Å²) in [5.74, 6) is -1.08. The molecular formula is C18H22BrFN2O2. The Bertz CT molecular complexity index is 658. The minimum atomic E-state index is -0.511. The van der Waals surface area contributed by atoms with E-state index in [2.05, 4.69) is 33.5 Å². The van der Waals surface area contributed by atoms with Gasteiger partial charge in [-0.2, -0.15) is 0 Å². The second-order valence-corrected chi connectivity index (χ2v) is 6.77. The van der Waals surface area contributed by atoms with Gasteiger partial charge in [-0.15, -0.1) is 0 Å². The van der Waals surface area contributed by atoms with Gasteiger partial charge in [-0.3, -0.25) is 9.59 Å². The van der Waals surface area contributed by atoms with Crippen LogP contribution in [0.1, 0.15) is 45.4 Å². The van der Waals surface area contributed by atoms with Gasteiger partial charge in [0.05, 0.1) is 5.69 Å². The van der Waals surface area contributed by atoms with E-state index in [0.717, 1.165) is 25.7 Å². The quantitative estimate of drug-likeness (QED) is 0.703. The molecule has 1 aromatic carbocycles. The number of amides is 2. The third-order valence-corrected chi connectivity index (χ3v) is 4.50. The van der Waals surface area contributed by atoms with Crippen LogP contribution in [0.5, 0.6) is 0 Å². The molecule has 2 amide bonds. The average molecular weight is 397 g/mol. The van der Waals surface area contributed by atoms with Crippen molar-refractivity contribution in [2.75, 3.05) is 11.9 Å². The average Bonchev–Trinajstić information content (AvgIpc) is 2.57. The zero-order valence-electron chi connectivity index (χ0n) is 13.8. The molecule has 1 aliphatic rings. The summed E-state index contributed by atoms with van der Waals surface area (Å²) < 4.78 is 14.5. The minimum absolute atomic E-state index is 0.118. The highest BCUT2D eigenvalue weighted by molar-refractivity contribution is 9.10. The van der Waals surface area contributed by atoms with Gasteiger partial charge in [0.15, 0.2) is 0 Å². The van der Waals surface area contributed by atoms with Gasteiger partial charge in [-0.1, -0.05) is 29.3 Å². The summed E-state index contributed by atoms with van der Waals surface area (Å²) >= 11 is 3.18. The largest absolute Gasteiger partial charge is 0.352 e. The number of hydrogen-bond donors (Lipinski definition) is 2. The van der Waals surface area contributed by atoms with Crippen molar-refractivity contribution in [1.29, 1.82) is 0 Å². The molecule has 2 N–H and O–H groups in total. The molecule has 4 nitrogen and oxygen atoms in total. The maximum absolute atomic E-state index is 13.9. The van der Waals surface area contributed by atoms with Crippen LogP contribution >= 0.6 is 15.9 Å². The molecule has 0 aromatic heterocycles. The molecule has 0 spiro atoms. The highest BCUT2D eigenvalue weighted by atomic mass is 79.9. The van der Waals surface area contributed by atoms with Crippen molar-refractivity contribution < 1.29 is 14.0 Å². The molecule has 2 rings (SSSR count). The highest BCUT2D eigenvalue weighted by Crippen LogP contribution is 2.27. The maximum atomic E-state index is 13.9. The fraction of sp³-hybridized carbons (Fsp3) is 0.444. The van der Waals surface area contributed by atoms with Crippen LogP contribution in [-0.2, 0) is 9.59 Å². The first-order chi connectivity index (χ1) is 11.5. The van der Waals surface area contributed by atoms with Crippen LogP contribution in [0.2, 0.25) is 0 Å². The molecule has 0 aliphatic heterocycles. The molecule has 6 heteroatoms. The number of hydrogen-bond acceptors (Lipinski definition) is 2. The van der Waals surface area contributed by atoms with Crippen molar-refractivity contribution >= 4 is 33.4 Å². The fourth-order valence-electron chi connectivity index (χ4n) is 2.68. The van der Waals surface area contributed by atoms with E-state index in [1.54, 1.807) is 6.07 Å². The summed E-state index contributed by atoms with van der Waals surface area (Å²) in [7, 11) is 0. The molecule has 130 valence electrons. The van der Waals surface area contributed by atoms with Gasteiger partial charge in [0, 0.05) is 22.2 Å². The number of benzene rings is 1. The molecule has 0 saturated carbocycles. The lowest BCUT2D eigenvalue weighted by molar-refractivity contribution is -0.119. The lowest BCUT2D eigenvalue weighted by Gasteiger charge is -2.19. The van der Waals surface area contributed by atoms with Gasteiger partial charge in [0.25, 0.3) is 5.91 Å². The lowest BCUT2D eigenvalue weighted by atomic mass is 9.90. The molecule has 0 heterocycles. The normalized spacial score (nSPS) is 14.5. The van der Waals surface area contributed by atoms with E-state index < -0.39 is 11.7 Å². The number of unbranched alkanes of at least 4 members (excludes halogenated alkanes) is 1. The summed E-state index contributed by atoms with van der Waals surface area (Å²) in [6, 6.07) is 4.46. The number of carbonyl (C=O) groups excluding carboxylic acids is 2. The predicted octanol–water partition coefficient (Wildman–Crippen LogP) is 4.31. The molecule has 0 bridgehead atoms. The zero-order valence-corrected chi connectivity index (χ0v) is 15.3. The summed E-state index contributed by atoms with van der Waals surface area (Å²) in [5.41, 5.74) is 1.12. The number of halogens is 2. The summed E-state index contributed by atoms with van der Waals surface area (Å²) in [5, 5.41) is 5.45. The smallest absolute Gasteiger partial charge is 0.252 e. The fourth-order valence-corrected chi connectivity index (χ4v) is 3.01. The van der Waals surface area contributed by atoms with E-state index in [4.69, 9.17) is 0 Å². The molecule has 1 aromatic rings. The topological polar surface area (TPSA) is 58.2 Å². The first-order valence-electron chi connectivity index (χ1n) is 8.29. The molecule has 0 fully saturated rings. The lowest BCUT2D eigenvalue weighted by Crippen LogP contribution is -2.30. The van der Waals surface area contributed by atoms with Gasteiger partial charge >= 0.3 is 0 Å².